The fourth-order valence-corrected chi connectivity index (χ4v) is 3.63. The molecule has 0 unspecified atom stereocenters. The molecule has 0 heteroatoms. The van der Waals surface area contributed by atoms with Gasteiger partial charge in [-0.15, -0.1) is 6.42 Å². The maximum absolute atomic E-state index is 5.41. The molecular formula is C26H14. The summed E-state index contributed by atoms with van der Waals surface area (Å²) < 4.78 is 0. The Morgan fingerprint density at radius 3 is 1.88 bits per heavy atom. The lowest BCUT2D eigenvalue weighted by Gasteiger charge is -2.11. The SMILES string of the molecule is C#Cc1ccc(C#Cc2ccc3ccc4cccc5ccc2c3c45)cc1. The van der Waals surface area contributed by atoms with E-state index in [1.165, 1.54) is 32.3 Å². The van der Waals surface area contributed by atoms with Gasteiger partial charge in [-0.2, -0.15) is 0 Å². The van der Waals surface area contributed by atoms with Crippen molar-refractivity contribution in [2.75, 3.05) is 0 Å². The highest BCUT2D eigenvalue weighted by atomic mass is 14.1. The van der Waals surface area contributed by atoms with Crippen LogP contribution in [0.5, 0.6) is 0 Å². The second-order valence-corrected chi connectivity index (χ2v) is 6.44. The van der Waals surface area contributed by atoms with Gasteiger partial charge in [0.05, 0.1) is 0 Å². The van der Waals surface area contributed by atoms with E-state index in [-0.39, 0.29) is 0 Å². The van der Waals surface area contributed by atoms with Gasteiger partial charge in [-0.3, -0.25) is 0 Å². The van der Waals surface area contributed by atoms with Crippen LogP contribution in [0.4, 0.5) is 0 Å². The Kier molecular flexibility index (Phi) is 3.18. The molecule has 0 radical (unpaired) electrons. The normalized spacial score (nSPS) is 10.7. The highest BCUT2D eigenvalue weighted by molar-refractivity contribution is 6.23. The molecule has 0 N–H and O–H groups in total. The first-order chi connectivity index (χ1) is 12.8. The second-order valence-electron chi connectivity index (χ2n) is 6.44. The minimum absolute atomic E-state index is 0.873. The van der Waals surface area contributed by atoms with Crippen molar-refractivity contribution in [3.8, 4) is 24.2 Å². The maximum atomic E-state index is 5.41. The van der Waals surface area contributed by atoms with Crippen LogP contribution in [0.1, 0.15) is 16.7 Å². The summed E-state index contributed by atoms with van der Waals surface area (Å²) in [6.45, 7) is 0. The molecule has 0 aromatic heterocycles. The molecule has 0 heterocycles. The van der Waals surface area contributed by atoms with Crippen molar-refractivity contribution in [2.45, 2.75) is 0 Å². The smallest absolute Gasteiger partial charge is 0.0328 e. The number of benzene rings is 5. The van der Waals surface area contributed by atoms with Crippen LogP contribution < -0.4 is 0 Å². The van der Waals surface area contributed by atoms with Crippen molar-refractivity contribution in [1.82, 2.24) is 0 Å². The Hall–Kier alpha value is -3.74. The van der Waals surface area contributed by atoms with E-state index < -0.39 is 0 Å². The van der Waals surface area contributed by atoms with Crippen molar-refractivity contribution in [1.29, 1.82) is 0 Å². The fraction of sp³-hybridized carbons (Fsp3) is 0. The van der Waals surface area contributed by atoms with Crippen LogP contribution in [0.15, 0.2) is 78.9 Å². The second kappa shape index (κ2) is 5.66. The lowest BCUT2D eigenvalue weighted by molar-refractivity contribution is 1.60. The van der Waals surface area contributed by atoms with Gasteiger partial charge in [-0.05, 0) is 62.6 Å². The van der Waals surface area contributed by atoms with Gasteiger partial charge in [-0.1, -0.05) is 66.3 Å². The summed E-state index contributed by atoms with van der Waals surface area (Å²) >= 11 is 0. The third-order valence-electron chi connectivity index (χ3n) is 4.92. The number of terminal acetylenes is 1. The molecule has 0 aliphatic rings. The summed E-state index contributed by atoms with van der Waals surface area (Å²) in [6, 6.07) is 27.3. The molecule has 0 atom stereocenters. The number of hydrogen-bond acceptors (Lipinski definition) is 0. The molecule has 0 amide bonds. The van der Waals surface area contributed by atoms with Gasteiger partial charge >= 0.3 is 0 Å². The molecule has 0 nitrogen and oxygen atoms in total. The van der Waals surface area contributed by atoms with Crippen molar-refractivity contribution in [2.24, 2.45) is 0 Å². The fourth-order valence-electron chi connectivity index (χ4n) is 3.63. The minimum atomic E-state index is 0.873. The van der Waals surface area contributed by atoms with E-state index in [4.69, 9.17) is 6.42 Å². The quantitative estimate of drug-likeness (QED) is 0.243. The third kappa shape index (κ3) is 2.21. The van der Waals surface area contributed by atoms with Crippen LogP contribution in [-0.2, 0) is 0 Å². The third-order valence-corrected chi connectivity index (χ3v) is 4.92. The molecule has 0 saturated carbocycles. The predicted molar refractivity (Wildman–Crippen MR) is 111 cm³/mol. The molecule has 5 aromatic carbocycles. The standard InChI is InChI=1S/C26H14/c1-2-18-6-8-19(9-7-18)10-11-20-12-13-23-15-14-21-4-3-5-22-16-17-24(20)26(23)25(21)22/h1,3-9,12-17H. The molecule has 0 spiro atoms. The Bertz CT molecular complexity index is 1350. The Balaban J connectivity index is 1.74. The minimum Gasteiger partial charge on any atom is -0.115 e. The molecule has 0 aliphatic heterocycles. The largest absolute Gasteiger partial charge is 0.115 e. The van der Waals surface area contributed by atoms with Crippen molar-refractivity contribution >= 4 is 32.3 Å². The summed E-state index contributed by atoms with van der Waals surface area (Å²) in [5, 5.41) is 7.64. The lowest BCUT2D eigenvalue weighted by atomic mass is 9.92. The summed E-state index contributed by atoms with van der Waals surface area (Å²) in [6.07, 6.45) is 5.41. The van der Waals surface area contributed by atoms with E-state index in [1.54, 1.807) is 0 Å². The first kappa shape index (κ1) is 14.6. The van der Waals surface area contributed by atoms with Crippen LogP contribution in [-0.4, -0.2) is 0 Å². The molecule has 0 fully saturated rings. The van der Waals surface area contributed by atoms with Crippen LogP contribution in [0.3, 0.4) is 0 Å². The van der Waals surface area contributed by atoms with Crippen molar-refractivity contribution < 1.29 is 0 Å². The van der Waals surface area contributed by atoms with Gasteiger partial charge in [0.2, 0.25) is 0 Å². The van der Waals surface area contributed by atoms with Crippen LogP contribution >= 0.6 is 0 Å². The molecule has 5 aromatic rings. The first-order valence-corrected chi connectivity index (χ1v) is 8.59. The van der Waals surface area contributed by atoms with Crippen molar-refractivity contribution in [3.63, 3.8) is 0 Å². The summed E-state index contributed by atoms with van der Waals surface area (Å²) in [7, 11) is 0. The van der Waals surface area contributed by atoms with E-state index in [1.807, 2.05) is 24.3 Å². The molecule has 118 valence electrons. The van der Waals surface area contributed by atoms with E-state index in [2.05, 4.69) is 72.4 Å². The zero-order valence-corrected chi connectivity index (χ0v) is 14.1. The predicted octanol–water partition coefficient (Wildman–Crippen LogP) is 5.97. The molecular weight excluding hydrogens is 312 g/mol. The van der Waals surface area contributed by atoms with Crippen LogP contribution in [0.2, 0.25) is 0 Å². The van der Waals surface area contributed by atoms with Gasteiger partial charge < -0.3 is 0 Å². The molecule has 0 saturated heterocycles. The van der Waals surface area contributed by atoms with Gasteiger partial charge in [0.25, 0.3) is 0 Å². The van der Waals surface area contributed by atoms with Crippen LogP contribution in [0, 0.1) is 24.2 Å². The van der Waals surface area contributed by atoms with E-state index in [9.17, 15) is 0 Å². The molecule has 0 bridgehead atoms. The molecule has 5 rings (SSSR count). The first-order valence-electron chi connectivity index (χ1n) is 8.59. The zero-order valence-electron chi connectivity index (χ0n) is 14.1. The highest BCUT2D eigenvalue weighted by Crippen LogP contribution is 2.35. The maximum Gasteiger partial charge on any atom is 0.0328 e. The summed E-state index contributed by atoms with van der Waals surface area (Å²) in [5.74, 6) is 9.25. The number of rotatable bonds is 0. The van der Waals surface area contributed by atoms with E-state index >= 15 is 0 Å². The summed E-state index contributed by atoms with van der Waals surface area (Å²) in [4.78, 5) is 0. The molecule has 26 heavy (non-hydrogen) atoms. The zero-order chi connectivity index (χ0) is 17.5. The van der Waals surface area contributed by atoms with E-state index in [0.717, 1.165) is 16.7 Å². The topological polar surface area (TPSA) is 0 Å². The van der Waals surface area contributed by atoms with Gasteiger partial charge in [0, 0.05) is 16.7 Å². The van der Waals surface area contributed by atoms with Crippen molar-refractivity contribution in [3.05, 3.63) is 95.6 Å². The van der Waals surface area contributed by atoms with E-state index in [0.29, 0.717) is 0 Å². The molecule has 0 aliphatic carbocycles. The van der Waals surface area contributed by atoms with Crippen LogP contribution in [0.25, 0.3) is 32.3 Å². The van der Waals surface area contributed by atoms with Gasteiger partial charge in [-0.25, -0.2) is 0 Å². The van der Waals surface area contributed by atoms with Gasteiger partial charge in [0.1, 0.15) is 0 Å². The van der Waals surface area contributed by atoms with Gasteiger partial charge in [0.15, 0.2) is 0 Å². The Morgan fingerprint density at radius 1 is 0.538 bits per heavy atom. The number of hydrogen-bond donors (Lipinski definition) is 0. The average Bonchev–Trinajstić information content (AvgIpc) is 2.71. The monoisotopic (exact) mass is 326 g/mol. The Labute approximate surface area is 152 Å². The average molecular weight is 326 g/mol. The highest BCUT2D eigenvalue weighted by Gasteiger charge is 2.09. The lowest BCUT2D eigenvalue weighted by Crippen LogP contribution is -1.86. The summed E-state index contributed by atoms with van der Waals surface area (Å²) in [5.41, 5.74) is 2.89. The Morgan fingerprint density at radius 2 is 1.15 bits per heavy atom.